The minimum Gasteiger partial charge on any atom is -0.489 e. The van der Waals surface area contributed by atoms with Crippen molar-refractivity contribution in [2.75, 3.05) is 5.33 Å². The van der Waals surface area contributed by atoms with Crippen LogP contribution in [-0.2, 0) is 13.0 Å². The summed E-state index contributed by atoms with van der Waals surface area (Å²) in [5.74, 6) is 0.779. The minimum absolute atomic E-state index is 0.435. The lowest BCUT2D eigenvalue weighted by Crippen LogP contribution is -1.96. The number of hydrogen-bond acceptors (Lipinski definition) is 3. The molecule has 0 aliphatic heterocycles. The van der Waals surface area contributed by atoms with E-state index >= 15 is 0 Å². The summed E-state index contributed by atoms with van der Waals surface area (Å²) in [6, 6.07) is 13.4. The average Bonchev–Trinajstić information content (AvgIpc) is 2.89. The van der Waals surface area contributed by atoms with Crippen LogP contribution in [0.4, 0.5) is 0 Å². The van der Waals surface area contributed by atoms with Gasteiger partial charge >= 0.3 is 0 Å². The Labute approximate surface area is 136 Å². The number of fused-ring (bicyclic) bond motifs is 1. The number of rotatable bonds is 5. The average molecular weight is 367 g/mol. The van der Waals surface area contributed by atoms with Crippen LogP contribution in [0.3, 0.4) is 0 Å². The largest absolute Gasteiger partial charge is 0.489 e. The van der Waals surface area contributed by atoms with Crippen molar-refractivity contribution in [3.63, 3.8) is 0 Å². The molecule has 0 saturated carbocycles. The molecule has 0 aliphatic carbocycles. The van der Waals surface area contributed by atoms with E-state index in [4.69, 9.17) is 20.9 Å². The molecule has 0 radical (unpaired) electrons. The molecule has 5 heteroatoms. The predicted octanol–water partition coefficient (Wildman–Crippen LogP) is 5.00. The topological polar surface area (TPSA) is 35.3 Å². The van der Waals surface area contributed by atoms with E-state index in [1.54, 1.807) is 0 Å². The molecule has 3 rings (SSSR count). The molecule has 0 aliphatic rings. The normalized spacial score (nSPS) is 11.0. The first-order valence-corrected chi connectivity index (χ1v) is 8.08. The number of hydrogen-bond donors (Lipinski definition) is 0. The van der Waals surface area contributed by atoms with Crippen molar-refractivity contribution in [2.45, 2.75) is 13.0 Å². The van der Waals surface area contributed by atoms with Crippen molar-refractivity contribution in [2.24, 2.45) is 0 Å². The van der Waals surface area contributed by atoms with Gasteiger partial charge in [-0.3, -0.25) is 0 Å². The molecular weight excluding hydrogens is 354 g/mol. The van der Waals surface area contributed by atoms with Gasteiger partial charge in [0, 0.05) is 27.7 Å². The lowest BCUT2D eigenvalue weighted by atomic mass is 10.2. The number of aryl methyl sites for hydroxylation is 1. The molecular formula is C16H13BrClNO2. The number of ether oxygens (including phenoxy) is 1. The SMILES string of the molecule is Clc1ccccc1COc1ccc2onc(CCBr)c2c1. The molecule has 0 unspecified atom stereocenters. The molecule has 21 heavy (non-hydrogen) atoms. The second kappa shape index (κ2) is 6.50. The zero-order chi connectivity index (χ0) is 14.7. The van der Waals surface area contributed by atoms with Crippen molar-refractivity contribution in [3.8, 4) is 5.75 Å². The zero-order valence-corrected chi connectivity index (χ0v) is 13.5. The summed E-state index contributed by atoms with van der Waals surface area (Å²) in [4.78, 5) is 0. The van der Waals surface area contributed by atoms with Gasteiger partial charge < -0.3 is 9.26 Å². The molecule has 0 fully saturated rings. The van der Waals surface area contributed by atoms with Crippen LogP contribution in [0.25, 0.3) is 11.0 Å². The van der Waals surface area contributed by atoms with Crippen LogP contribution >= 0.6 is 27.5 Å². The summed E-state index contributed by atoms with van der Waals surface area (Å²) in [7, 11) is 0. The van der Waals surface area contributed by atoms with E-state index in [2.05, 4.69) is 21.1 Å². The first kappa shape index (κ1) is 14.4. The summed E-state index contributed by atoms with van der Waals surface area (Å²) < 4.78 is 11.1. The Bertz CT molecular complexity index is 757. The number of alkyl halides is 1. The van der Waals surface area contributed by atoms with Crippen LogP contribution in [0.2, 0.25) is 5.02 Å². The molecule has 0 saturated heterocycles. The van der Waals surface area contributed by atoms with Crippen molar-refractivity contribution >= 4 is 38.5 Å². The van der Waals surface area contributed by atoms with Gasteiger partial charge in [-0.05, 0) is 24.3 Å². The van der Waals surface area contributed by atoms with E-state index in [9.17, 15) is 0 Å². The molecule has 2 aromatic carbocycles. The standard InChI is InChI=1S/C16H13BrClNO2/c17-8-7-15-13-9-12(5-6-16(13)21-19-15)20-10-11-3-1-2-4-14(11)18/h1-6,9H,7-8,10H2. The number of halogens is 2. The molecule has 108 valence electrons. The van der Waals surface area contributed by atoms with E-state index in [0.717, 1.165) is 39.7 Å². The van der Waals surface area contributed by atoms with Gasteiger partial charge in [-0.25, -0.2) is 0 Å². The van der Waals surface area contributed by atoms with Gasteiger partial charge in [-0.1, -0.05) is 50.9 Å². The monoisotopic (exact) mass is 365 g/mol. The van der Waals surface area contributed by atoms with Gasteiger partial charge in [0.25, 0.3) is 0 Å². The first-order valence-electron chi connectivity index (χ1n) is 6.58. The van der Waals surface area contributed by atoms with Crippen LogP contribution in [0.1, 0.15) is 11.3 Å². The molecule has 1 heterocycles. The number of nitrogens with zero attached hydrogens (tertiary/aromatic N) is 1. The molecule has 0 bridgehead atoms. The summed E-state index contributed by atoms with van der Waals surface area (Å²) in [5, 5.41) is 6.63. The van der Waals surface area contributed by atoms with Crippen LogP contribution < -0.4 is 4.74 Å². The molecule has 3 aromatic rings. The van der Waals surface area contributed by atoms with Crippen molar-refractivity contribution in [1.29, 1.82) is 0 Å². The quantitative estimate of drug-likeness (QED) is 0.596. The molecule has 0 N–H and O–H groups in total. The van der Waals surface area contributed by atoms with E-state index in [1.165, 1.54) is 0 Å². The van der Waals surface area contributed by atoms with E-state index < -0.39 is 0 Å². The molecule has 0 spiro atoms. The predicted molar refractivity (Wildman–Crippen MR) is 87.3 cm³/mol. The van der Waals surface area contributed by atoms with Crippen LogP contribution in [0, 0.1) is 0 Å². The van der Waals surface area contributed by atoms with Crippen LogP contribution in [0.5, 0.6) is 5.75 Å². The molecule has 0 amide bonds. The molecule has 0 atom stereocenters. The summed E-state index contributed by atoms with van der Waals surface area (Å²) in [6.07, 6.45) is 0.820. The zero-order valence-electron chi connectivity index (χ0n) is 11.2. The highest BCUT2D eigenvalue weighted by Gasteiger charge is 2.09. The van der Waals surface area contributed by atoms with E-state index in [0.29, 0.717) is 11.6 Å². The molecule has 3 nitrogen and oxygen atoms in total. The maximum Gasteiger partial charge on any atom is 0.167 e. The van der Waals surface area contributed by atoms with Crippen LogP contribution in [0.15, 0.2) is 47.0 Å². The lowest BCUT2D eigenvalue weighted by Gasteiger charge is -2.07. The Morgan fingerprint density at radius 1 is 1.19 bits per heavy atom. The van der Waals surface area contributed by atoms with Gasteiger partial charge in [0.1, 0.15) is 12.4 Å². The maximum atomic E-state index is 6.12. The summed E-state index contributed by atoms with van der Waals surface area (Å²) >= 11 is 9.54. The molecule has 1 aromatic heterocycles. The maximum absolute atomic E-state index is 6.12. The van der Waals surface area contributed by atoms with Crippen molar-refractivity contribution in [3.05, 3.63) is 58.7 Å². The Morgan fingerprint density at radius 2 is 2.05 bits per heavy atom. The van der Waals surface area contributed by atoms with Gasteiger partial charge in [0.05, 0.1) is 5.69 Å². The minimum atomic E-state index is 0.435. The van der Waals surface area contributed by atoms with Crippen molar-refractivity contribution < 1.29 is 9.26 Å². The van der Waals surface area contributed by atoms with Gasteiger partial charge in [-0.2, -0.15) is 0 Å². The number of aromatic nitrogens is 1. The fourth-order valence-electron chi connectivity index (χ4n) is 2.10. The van der Waals surface area contributed by atoms with Gasteiger partial charge in [0.2, 0.25) is 0 Å². The first-order chi connectivity index (χ1) is 10.3. The smallest absolute Gasteiger partial charge is 0.167 e. The third-order valence-electron chi connectivity index (χ3n) is 3.20. The highest BCUT2D eigenvalue weighted by atomic mass is 79.9. The Morgan fingerprint density at radius 3 is 2.86 bits per heavy atom. The Kier molecular flexibility index (Phi) is 4.46. The highest BCUT2D eigenvalue weighted by molar-refractivity contribution is 9.09. The summed E-state index contributed by atoms with van der Waals surface area (Å²) in [6.45, 7) is 0.435. The van der Waals surface area contributed by atoms with Crippen molar-refractivity contribution in [1.82, 2.24) is 5.16 Å². The number of benzene rings is 2. The fourth-order valence-corrected chi connectivity index (χ4v) is 2.67. The second-order valence-electron chi connectivity index (χ2n) is 4.61. The van der Waals surface area contributed by atoms with Gasteiger partial charge in [-0.15, -0.1) is 0 Å². The second-order valence-corrected chi connectivity index (χ2v) is 5.81. The Balaban J connectivity index is 1.81. The fraction of sp³-hybridized carbons (Fsp3) is 0.188. The van der Waals surface area contributed by atoms with E-state index in [1.807, 2.05) is 42.5 Å². The van der Waals surface area contributed by atoms with Gasteiger partial charge in [0.15, 0.2) is 5.58 Å². The third kappa shape index (κ3) is 3.22. The Hall–Kier alpha value is -1.52. The van der Waals surface area contributed by atoms with E-state index in [-0.39, 0.29) is 0 Å². The highest BCUT2D eigenvalue weighted by Crippen LogP contribution is 2.26. The lowest BCUT2D eigenvalue weighted by molar-refractivity contribution is 0.306. The third-order valence-corrected chi connectivity index (χ3v) is 3.96. The van der Waals surface area contributed by atoms with Crippen LogP contribution in [-0.4, -0.2) is 10.5 Å². The summed E-state index contributed by atoms with van der Waals surface area (Å²) in [5.41, 5.74) is 2.67.